The molecule has 2 aromatic carbocycles. The van der Waals surface area contributed by atoms with Crippen LogP contribution in [0, 0.1) is 0 Å². The third-order valence-corrected chi connectivity index (χ3v) is 3.40. The van der Waals surface area contributed by atoms with Crippen molar-refractivity contribution in [3.8, 4) is 17.2 Å². The van der Waals surface area contributed by atoms with E-state index in [0.717, 1.165) is 5.56 Å². The highest BCUT2D eigenvalue weighted by Gasteiger charge is 2.12. The molecular formula is C19H23NO4. The Hall–Kier alpha value is -2.69. The predicted octanol–water partition coefficient (Wildman–Crippen LogP) is 3.42. The van der Waals surface area contributed by atoms with E-state index in [1.807, 2.05) is 38.1 Å². The van der Waals surface area contributed by atoms with E-state index in [4.69, 9.17) is 14.2 Å². The first-order valence-corrected chi connectivity index (χ1v) is 7.80. The Kier molecular flexibility index (Phi) is 6.07. The Balaban J connectivity index is 2.07. The molecule has 2 rings (SSSR count). The SMILES string of the molecule is COc1cc(CNC(=O)c2ccccc2OC)ccc1OC(C)C. The predicted molar refractivity (Wildman–Crippen MR) is 92.9 cm³/mol. The van der Waals surface area contributed by atoms with Gasteiger partial charge in [0.2, 0.25) is 0 Å². The zero-order chi connectivity index (χ0) is 17.5. The van der Waals surface area contributed by atoms with E-state index in [-0.39, 0.29) is 12.0 Å². The highest BCUT2D eigenvalue weighted by molar-refractivity contribution is 5.96. The fourth-order valence-electron chi connectivity index (χ4n) is 2.28. The van der Waals surface area contributed by atoms with Crippen LogP contribution >= 0.6 is 0 Å². The molecule has 0 aliphatic carbocycles. The maximum atomic E-state index is 12.3. The van der Waals surface area contributed by atoms with E-state index in [0.29, 0.717) is 29.4 Å². The fourth-order valence-corrected chi connectivity index (χ4v) is 2.28. The highest BCUT2D eigenvalue weighted by Crippen LogP contribution is 2.29. The number of para-hydroxylation sites is 1. The normalized spacial score (nSPS) is 10.4. The van der Waals surface area contributed by atoms with Crippen molar-refractivity contribution in [1.29, 1.82) is 0 Å². The average Bonchev–Trinajstić information content (AvgIpc) is 2.60. The summed E-state index contributed by atoms with van der Waals surface area (Å²) in [5, 5.41) is 2.89. The van der Waals surface area contributed by atoms with Crippen LogP contribution in [-0.4, -0.2) is 26.2 Å². The van der Waals surface area contributed by atoms with Gasteiger partial charge in [-0.1, -0.05) is 18.2 Å². The molecule has 0 saturated heterocycles. The first kappa shape index (κ1) is 17.7. The number of carbonyl (C=O) groups is 1. The summed E-state index contributed by atoms with van der Waals surface area (Å²) < 4.78 is 16.3. The standard InChI is InChI=1S/C19H23NO4/c1-13(2)24-17-10-9-14(11-18(17)23-4)12-20-19(21)15-7-5-6-8-16(15)22-3/h5-11,13H,12H2,1-4H3,(H,20,21). The first-order valence-electron chi connectivity index (χ1n) is 7.80. The van der Waals surface area contributed by atoms with E-state index < -0.39 is 0 Å². The molecule has 0 heterocycles. The molecule has 0 radical (unpaired) electrons. The van der Waals surface area contributed by atoms with E-state index in [9.17, 15) is 4.79 Å². The van der Waals surface area contributed by atoms with Crippen molar-refractivity contribution in [1.82, 2.24) is 5.32 Å². The van der Waals surface area contributed by atoms with Gasteiger partial charge in [0, 0.05) is 6.54 Å². The number of rotatable bonds is 7. The lowest BCUT2D eigenvalue weighted by atomic mass is 10.1. The van der Waals surface area contributed by atoms with Crippen LogP contribution in [0.4, 0.5) is 0 Å². The van der Waals surface area contributed by atoms with Gasteiger partial charge in [-0.2, -0.15) is 0 Å². The van der Waals surface area contributed by atoms with Crippen LogP contribution < -0.4 is 19.5 Å². The van der Waals surface area contributed by atoms with E-state index in [2.05, 4.69) is 5.32 Å². The van der Waals surface area contributed by atoms with Gasteiger partial charge in [0.25, 0.3) is 5.91 Å². The Morgan fingerprint density at radius 1 is 1.00 bits per heavy atom. The fraction of sp³-hybridized carbons (Fsp3) is 0.316. The maximum Gasteiger partial charge on any atom is 0.255 e. The summed E-state index contributed by atoms with van der Waals surface area (Å²) in [6, 6.07) is 12.7. The number of nitrogens with one attached hydrogen (secondary N) is 1. The Labute approximate surface area is 142 Å². The van der Waals surface area contributed by atoms with Gasteiger partial charge in [0.15, 0.2) is 11.5 Å². The number of amides is 1. The number of hydrogen-bond acceptors (Lipinski definition) is 4. The van der Waals surface area contributed by atoms with Gasteiger partial charge in [-0.15, -0.1) is 0 Å². The zero-order valence-electron chi connectivity index (χ0n) is 14.5. The minimum Gasteiger partial charge on any atom is -0.496 e. The maximum absolute atomic E-state index is 12.3. The van der Waals surface area contributed by atoms with Crippen LogP contribution in [0.25, 0.3) is 0 Å². The Morgan fingerprint density at radius 3 is 2.38 bits per heavy atom. The summed E-state index contributed by atoms with van der Waals surface area (Å²) in [6.07, 6.45) is 0.0648. The van der Waals surface area contributed by atoms with Gasteiger partial charge in [-0.3, -0.25) is 4.79 Å². The third kappa shape index (κ3) is 4.41. The smallest absolute Gasteiger partial charge is 0.255 e. The molecular weight excluding hydrogens is 306 g/mol. The first-order chi connectivity index (χ1) is 11.5. The Morgan fingerprint density at radius 2 is 1.71 bits per heavy atom. The molecule has 0 fully saturated rings. The molecule has 5 heteroatoms. The highest BCUT2D eigenvalue weighted by atomic mass is 16.5. The molecule has 0 aliphatic heterocycles. The Bertz CT molecular complexity index is 698. The topological polar surface area (TPSA) is 56.8 Å². The van der Waals surface area contributed by atoms with Crippen molar-refractivity contribution in [2.75, 3.05) is 14.2 Å². The molecule has 0 saturated carbocycles. The molecule has 5 nitrogen and oxygen atoms in total. The summed E-state index contributed by atoms with van der Waals surface area (Å²) in [4.78, 5) is 12.3. The molecule has 0 spiro atoms. The van der Waals surface area contributed by atoms with Crippen molar-refractivity contribution in [3.63, 3.8) is 0 Å². The minimum atomic E-state index is -0.186. The summed E-state index contributed by atoms with van der Waals surface area (Å²) in [5.74, 6) is 1.70. The lowest BCUT2D eigenvalue weighted by molar-refractivity contribution is 0.0948. The van der Waals surface area contributed by atoms with E-state index in [1.54, 1.807) is 32.4 Å². The molecule has 1 N–H and O–H groups in total. The van der Waals surface area contributed by atoms with Crippen LogP contribution in [-0.2, 0) is 6.54 Å². The number of methoxy groups -OCH3 is 2. The van der Waals surface area contributed by atoms with Crippen LogP contribution in [0.1, 0.15) is 29.8 Å². The van der Waals surface area contributed by atoms with Crippen molar-refractivity contribution < 1.29 is 19.0 Å². The molecule has 24 heavy (non-hydrogen) atoms. The van der Waals surface area contributed by atoms with Gasteiger partial charge in [0.05, 0.1) is 25.9 Å². The summed E-state index contributed by atoms with van der Waals surface area (Å²) in [7, 11) is 3.14. The van der Waals surface area contributed by atoms with Crippen LogP contribution in [0.3, 0.4) is 0 Å². The van der Waals surface area contributed by atoms with Crippen molar-refractivity contribution in [2.24, 2.45) is 0 Å². The quantitative estimate of drug-likeness (QED) is 0.845. The molecule has 1 amide bonds. The summed E-state index contributed by atoms with van der Waals surface area (Å²) in [6.45, 7) is 4.30. The number of hydrogen-bond donors (Lipinski definition) is 1. The van der Waals surface area contributed by atoms with Crippen LogP contribution in [0.5, 0.6) is 17.2 Å². The van der Waals surface area contributed by atoms with E-state index in [1.165, 1.54) is 0 Å². The molecule has 128 valence electrons. The van der Waals surface area contributed by atoms with Gasteiger partial charge >= 0.3 is 0 Å². The average molecular weight is 329 g/mol. The van der Waals surface area contributed by atoms with Gasteiger partial charge in [-0.05, 0) is 43.7 Å². The third-order valence-electron chi connectivity index (χ3n) is 3.40. The second-order valence-electron chi connectivity index (χ2n) is 5.53. The number of carbonyl (C=O) groups excluding carboxylic acids is 1. The van der Waals surface area contributed by atoms with Crippen LogP contribution in [0.15, 0.2) is 42.5 Å². The van der Waals surface area contributed by atoms with Gasteiger partial charge < -0.3 is 19.5 Å². The van der Waals surface area contributed by atoms with Crippen molar-refractivity contribution in [3.05, 3.63) is 53.6 Å². The molecule has 0 bridgehead atoms. The summed E-state index contributed by atoms with van der Waals surface area (Å²) in [5.41, 5.74) is 1.43. The van der Waals surface area contributed by atoms with Gasteiger partial charge in [0.1, 0.15) is 5.75 Å². The van der Waals surface area contributed by atoms with Crippen molar-refractivity contribution in [2.45, 2.75) is 26.5 Å². The lowest BCUT2D eigenvalue weighted by Crippen LogP contribution is -2.23. The molecule has 0 aliphatic rings. The number of ether oxygens (including phenoxy) is 3. The summed E-state index contributed by atoms with van der Waals surface area (Å²) >= 11 is 0. The van der Waals surface area contributed by atoms with E-state index >= 15 is 0 Å². The lowest BCUT2D eigenvalue weighted by Gasteiger charge is -2.15. The monoisotopic (exact) mass is 329 g/mol. The second kappa shape index (κ2) is 8.24. The molecule has 0 unspecified atom stereocenters. The largest absolute Gasteiger partial charge is 0.496 e. The van der Waals surface area contributed by atoms with Gasteiger partial charge in [-0.25, -0.2) is 0 Å². The second-order valence-corrected chi connectivity index (χ2v) is 5.53. The number of benzene rings is 2. The van der Waals surface area contributed by atoms with Crippen molar-refractivity contribution >= 4 is 5.91 Å². The molecule has 0 aromatic heterocycles. The molecule has 2 aromatic rings. The zero-order valence-corrected chi connectivity index (χ0v) is 14.5. The minimum absolute atomic E-state index is 0.0648. The van der Waals surface area contributed by atoms with Crippen LogP contribution in [0.2, 0.25) is 0 Å². The molecule has 0 atom stereocenters.